The van der Waals surface area contributed by atoms with Gasteiger partial charge in [0, 0.05) is 6.61 Å². The second-order valence-electron chi connectivity index (χ2n) is 5.97. The zero-order chi connectivity index (χ0) is 11.4. The summed E-state index contributed by atoms with van der Waals surface area (Å²) in [5.41, 5.74) is -0.0408. The van der Waals surface area contributed by atoms with Crippen molar-refractivity contribution in [3.05, 3.63) is 0 Å². The molecule has 0 fully saturated rings. The van der Waals surface area contributed by atoms with Crippen molar-refractivity contribution in [2.24, 2.45) is 5.92 Å². The van der Waals surface area contributed by atoms with E-state index < -0.39 is 0 Å². The molecule has 82 valence electrons. The fraction of sp³-hybridized carbons (Fsp3) is 1.00. The molecule has 0 bridgehead atoms. The number of rotatable bonds is 6. The molecule has 0 rings (SSSR count). The van der Waals surface area contributed by atoms with Crippen molar-refractivity contribution >= 4 is 7.85 Å². The third-order valence-corrected chi connectivity index (χ3v) is 2.16. The summed E-state index contributed by atoms with van der Waals surface area (Å²) in [5, 5.41) is -0.227. The van der Waals surface area contributed by atoms with Gasteiger partial charge in [-0.3, -0.25) is 0 Å². The van der Waals surface area contributed by atoms with Crippen LogP contribution in [0, 0.1) is 5.92 Å². The highest BCUT2D eigenvalue weighted by Gasteiger charge is 2.21. The molecule has 0 saturated heterocycles. The first-order chi connectivity index (χ1) is 6.12. The molecule has 0 aromatic heterocycles. The molecule has 0 spiro atoms. The molecular weight excluding hydrogens is 171 g/mol. The first kappa shape index (κ1) is 14.0. The second kappa shape index (κ2) is 5.20. The van der Waals surface area contributed by atoms with E-state index in [0.717, 1.165) is 12.3 Å². The smallest absolute Gasteiger partial charge is 0.0770 e. The van der Waals surface area contributed by atoms with Crippen LogP contribution >= 0.6 is 0 Å². The van der Waals surface area contributed by atoms with Gasteiger partial charge in [0.15, 0.2) is 0 Å². The molecule has 0 aliphatic rings. The molecule has 0 heterocycles. The van der Waals surface area contributed by atoms with Gasteiger partial charge in [-0.15, -0.1) is 0 Å². The monoisotopic (exact) mass is 196 g/mol. The number of ether oxygens (including phenoxy) is 1. The Morgan fingerprint density at radius 2 is 1.64 bits per heavy atom. The van der Waals surface area contributed by atoms with Gasteiger partial charge in [-0.2, -0.15) is 0 Å². The summed E-state index contributed by atoms with van der Waals surface area (Å²) in [7, 11) is 5.87. The molecule has 0 aliphatic carbocycles. The molecule has 2 heteroatoms. The van der Waals surface area contributed by atoms with Crippen LogP contribution in [0.3, 0.4) is 0 Å². The summed E-state index contributed by atoms with van der Waals surface area (Å²) in [5.74, 6) is 0.740. The lowest BCUT2D eigenvalue weighted by molar-refractivity contribution is -0.0359. The van der Waals surface area contributed by atoms with Crippen LogP contribution in [0.25, 0.3) is 0 Å². The third-order valence-electron chi connectivity index (χ3n) is 2.16. The molecular formula is C12H25BO. The highest BCUT2D eigenvalue weighted by molar-refractivity contribution is 6.14. The predicted octanol–water partition coefficient (Wildman–Crippen LogP) is 3.58. The van der Waals surface area contributed by atoms with Crippen molar-refractivity contribution in [3.8, 4) is 0 Å². The molecule has 0 aromatic carbocycles. The Labute approximate surface area is 91.0 Å². The summed E-state index contributed by atoms with van der Waals surface area (Å²) in [6.45, 7) is 13.4. The van der Waals surface area contributed by atoms with Crippen molar-refractivity contribution in [1.29, 1.82) is 0 Å². The van der Waals surface area contributed by atoms with Crippen LogP contribution in [0.1, 0.15) is 54.4 Å². The van der Waals surface area contributed by atoms with Crippen LogP contribution < -0.4 is 0 Å². The Balaban J connectivity index is 3.83. The lowest BCUT2D eigenvalue weighted by Crippen LogP contribution is -2.28. The Bertz CT molecular complexity index is 156. The van der Waals surface area contributed by atoms with E-state index in [0.29, 0.717) is 6.61 Å². The van der Waals surface area contributed by atoms with Crippen molar-refractivity contribution in [1.82, 2.24) is 0 Å². The average molecular weight is 196 g/mol. The predicted molar refractivity (Wildman–Crippen MR) is 63.9 cm³/mol. The Morgan fingerprint density at radius 3 is 2.00 bits per heavy atom. The summed E-state index contributed by atoms with van der Waals surface area (Å²) in [4.78, 5) is 0. The van der Waals surface area contributed by atoms with E-state index in [9.17, 15) is 0 Å². The van der Waals surface area contributed by atoms with Crippen LogP contribution in [0.15, 0.2) is 0 Å². The van der Waals surface area contributed by atoms with E-state index in [2.05, 4.69) is 27.7 Å². The molecule has 1 nitrogen and oxygen atoms in total. The molecule has 0 unspecified atom stereocenters. The molecule has 14 heavy (non-hydrogen) atoms. The van der Waals surface area contributed by atoms with Gasteiger partial charge in [0.2, 0.25) is 0 Å². The minimum atomic E-state index is -0.227. The molecule has 0 N–H and O–H groups in total. The molecule has 0 aromatic rings. The van der Waals surface area contributed by atoms with Crippen molar-refractivity contribution in [2.75, 3.05) is 6.61 Å². The first-order valence-electron chi connectivity index (χ1n) is 5.55. The van der Waals surface area contributed by atoms with Crippen molar-refractivity contribution in [3.63, 3.8) is 0 Å². The normalized spacial score (nSPS) is 13.6. The van der Waals surface area contributed by atoms with E-state index >= 15 is 0 Å². The Hall–Kier alpha value is 0.0249. The average Bonchev–Trinajstić information content (AvgIpc) is 1.97. The van der Waals surface area contributed by atoms with Gasteiger partial charge in [-0.05, 0) is 37.9 Å². The molecule has 2 radical (unpaired) electrons. The van der Waals surface area contributed by atoms with Crippen molar-refractivity contribution in [2.45, 2.75) is 65.3 Å². The van der Waals surface area contributed by atoms with Gasteiger partial charge in [0.05, 0.1) is 13.4 Å². The lowest BCUT2D eigenvalue weighted by Gasteiger charge is -2.30. The van der Waals surface area contributed by atoms with Crippen LogP contribution in [0.2, 0.25) is 5.31 Å². The maximum atomic E-state index is 5.87. The van der Waals surface area contributed by atoms with Gasteiger partial charge in [-0.1, -0.05) is 27.7 Å². The Morgan fingerprint density at radius 1 is 1.14 bits per heavy atom. The SMILES string of the molecule is [B]C(C)(C)COC(C)(C)CCC(C)C. The fourth-order valence-electron chi connectivity index (χ4n) is 1.09. The minimum Gasteiger partial charge on any atom is -0.376 e. The Kier molecular flexibility index (Phi) is 5.21. The van der Waals surface area contributed by atoms with Crippen molar-refractivity contribution < 1.29 is 4.74 Å². The van der Waals surface area contributed by atoms with E-state index in [1.807, 2.05) is 13.8 Å². The molecule has 0 saturated carbocycles. The summed E-state index contributed by atoms with van der Waals surface area (Å²) in [6.07, 6.45) is 2.30. The zero-order valence-corrected chi connectivity index (χ0v) is 10.7. The topological polar surface area (TPSA) is 9.23 Å². The fourth-order valence-corrected chi connectivity index (χ4v) is 1.09. The van der Waals surface area contributed by atoms with Gasteiger partial charge >= 0.3 is 0 Å². The van der Waals surface area contributed by atoms with Gasteiger partial charge < -0.3 is 4.74 Å². The summed E-state index contributed by atoms with van der Waals surface area (Å²) >= 11 is 0. The summed E-state index contributed by atoms with van der Waals surface area (Å²) < 4.78 is 5.82. The van der Waals surface area contributed by atoms with Crippen LogP contribution in [0.5, 0.6) is 0 Å². The minimum absolute atomic E-state index is 0.0408. The number of hydrogen-bond acceptors (Lipinski definition) is 1. The van der Waals surface area contributed by atoms with Gasteiger partial charge in [-0.25, -0.2) is 0 Å². The van der Waals surface area contributed by atoms with Crippen LogP contribution in [-0.2, 0) is 4.74 Å². The summed E-state index contributed by atoms with van der Waals surface area (Å²) in [6, 6.07) is 0. The molecule has 0 atom stereocenters. The van der Waals surface area contributed by atoms with Crippen LogP contribution in [-0.4, -0.2) is 20.1 Å². The first-order valence-corrected chi connectivity index (χ1v) is 5.55. The highest BCUT2D eigenvalue weighted by Crippen LogP contribution is 2.25. The van der Waals surface area contributed by atoms with Gasteiger partial charge in [0.25, 0.3) is 0 Å². The number of hydrogen-bond donors (Lipinski definition) is 0. The van der Waals surface area contributed by atoms with E-state index in [1.165, 1.54) is 6.42 Å². The van der Waals surface area contributed by atoms with Crippen LogP contribution in [0.4, 0.5) is 0 Å². The highest BCUT2D eigenvalue weighted by atomic mass is 16.5. The van der Waals surface area contributed by atoms with E-state index in [1.54, 1.807) is 0 Å². The largest absolute Gasteiger partial charge is 0.376 e. The van der Waals surface area contributed by atoms with Gasteiger partial charge in [0.1, 0.15) is 0 Å². The zero-order valence-electron chi connectivity index (χ0n) is 10.7. The third kappa shape index (κ3) is 8.62. The second-order valence-corrected chi connectivity index (χ2v) is 5.97. The van der Waals surface area contributed by atoms with E-state index in [4.69, 9.17) is 12.6 Å². The standard InChI is InChI=1S/C12H25BO/c1-10(2)7-8-12(5,6)14-9-11(3,4)13/h10H,7-9H2,1-6H3. The quantitative estimate of drug-likeness (QED) is 0.590. The van der Waals surface area contributed by atoms with E-state index in [-0.39, 0.29) is 10.9 Å². The maximum Gasteiger partial charge on any atom is 0.0770 e. The molecule has 0 aliphatic heterocycles. The maximum absolute atomic E-state index is 5.87. The lowest BCUT2D eigenvalue weighted by atomic mass is 9.73. The molecule has 0 amide bonds.